The first-order valence-corrected chi connectivity index (χ1v) is 4.47. The van der Waals surface area contributed by atoms with Gasteiger partial charge in [-0.1, -0.05) is 40.5 Å². The van der Waals surface area contributed by atoms with Crippen molar-refractivity contribution in [3.63, 3.8) is 0 Å². The van der Waals surface area contributed by atoms with Crippen molar-refractivity contribution in [2.45, 2.75) is 52.9 Å². The van der Waals surface area contributed by atoms with Crippen LogP contribution in [0.2, 0.25) is 0 Å². The molecule has 0 aromatic rings. The summed E-state index contributed by atoms with van der Waals surface area (Å²) in [5.74, 6) is 0. The van der Waals surface area contributed by atoms with E-state index in [9.17, 15) is 0 Å². The third-order valence-electron chi connectivity index (χ3n) is 2.31. The van der Waals surface area contributed by atoms with E-state index in [1.54, 1.807) is 0 Å². The standard InChI is InChI=1S/C10H21/c1-5-8-10(4,7-3)9-6-2/h3,5-9H2,1-2,4H3. The SMILES string of the molecule is [CH2]CC(C)(CCC)CCC. The molecule has 1 radical (unpaired) electrons. The Bertz CT molecular complexity index is 68.1. The van der Waals surface area contributed by atoms with Gasteiger partial charge in [0.25, 0.3) is 0 Å². The molecule has 61 valence electrons. The minimum absolute atomic E-state index is 0.531. The molecule has 0 aromatic heterocycles. The highest BCUT2D eigenvalue weighted by Crippen LogP contribution is 2.31. The van der Waals surface area contributed by atoms with Gasteiger partial charge in [-0.2, -0.15) is 0 Å². The number of hydrogen-bond acceptors (Lipinski definition) is 0. The Hall–Kier alpha value is 0. The zero-order chi connectivity index (χ0) is 8.04. The summed E-state index contributed by atoms with van der Waals surface area (Å²) >= 11 is 0. The lowest BCUT2D eigenvalue weighted by molar-refractivity contribution is 0.268. The monoisotopic (exact) mass is 141 g/mol. The van der Waals surface area contributed by atoms with Crippen molar-refractivity contribution >= 4 is 0 Å². The van der Waals surface area contributed by atoms with Crippen LogP contribution in [0.5, 0.6) is 0 Å². The minimum Gasteiger partial charge on any atom is -0.0654 e. The van der Waals surface area contributed by atoms with Gasteiger partial charge in [-0.15, -0.1) is 0 Å². The van der Waals surface area contributed by atoms with E-state index in [-0.39, 0.29) is 0 Å². The van der Waals surface area contributed by atoms with Crippen molar-refractivity contribution in [2.75, 3.05) is 0 Å². The minimum atomic E-state index is 0.531. The zero-order valence-electron chi connectivity index (χ0n) is 7.74. The van der Waals surface area contributed by atoms with Crippen molar-refractivity contribution in [2.24, 2.45) is 5.41 Å². The van der Waals surface area contributed by atoms with Gasteiger partial charge in [0.05, 0.1) is 0 Å². The Morgan fingerprint density at radius 2 is 1.50 bits per heavy atom. The van der Waals surface area contributed by atoms with Gasteiger partial charge in [-0.05, 0) is 24.7 Å². The summed E-state index contributed by atoms with van der Waals surface area (Å²) in [6, 6.07) is 0. The Balaban J connectivity index is 3.69. The molecule has 0 saturated carbocycles. The second-order valence-corrected chi connectivity index (χ2v) is 3.56. The maximum absolute atomic E-state index is 4.00. The molecule has 0 atom stereocenters. The molecular formula is C10H21. The summed E-state index contributed by atoms with van der Waals surface area (Å²) in [6.45, 7) is 10.9. The quantitative estimate of drug-likeness (QED) is 0.546. The van der Waals surface area contributed by atoms with Crippen LogP contribution >= 0.6 is 0 Å². The molecule has 0 nitrogen and oxygen atoms in total. The van der Waals surface area contributed by atoms with Crippen molar-refractivity contribution in [1.82, 2.24) is 0 Å². The van der Waals surface area contributed by atoms with Gasteiger partial charge in [-0.25, -0.2) is 0 Å². The van der Waals surface area contributed by atoms with Gasteiger partial charge in [0.1, 0.15) is 0 Å². The zero-order valence-corrected chi connectivity index (χ0v) is 7.74. The lowest BCUT2D eigenvalue weighted by Crippen LogP contribution is -2.13. The van der Waals surface area contributed by atoms with Crippen molar-refractivity contribution in [3.8, 4) is 0 Å². The number of rotatable bonds is 5. The van der Waals surface area contributed by atoms with E-state index in [4.69, 9.17) is 0 Å². The van der Waals surface area contributed by atoms with Gasteiger partial charge in [0.2, 0.25) is 0 Å². The maximum atomic E-state index is 4.00. The predicted molar refractivity (Wildman–Crippen MR) is 47.9 cm³/mol. The number of hydrogen-bond donors (Lipinski definition) is 0. The van der Waals surface area contributed by atoms with E-state index in [1.165, 1.54) is 25.7 Å². The highest BCUT2D eigenvalue weighted by Gasteiger charge is 2.18. The predicted octanol–water partition coefficient (Wildman–Crippen LogP) is 3.82. The molecule has 0 heteroatoms. The first-order chi connectivity index (χ1) is 4.68. The summed E-state index contributed by atoms with van der Waals surface area (Å²) in [4.78, 5) is 0. The van der Waals surface area contributed by atoms with Gasteiger partial charge in [0, 0.05) is 0 Å². The molecule has 0 bridgehead atoms. The van der Waals surface area contributed by atoms with Crippen molar-refractivity contribution in [3.05, 3.63) is 6.92 Å². The summed E-state index contributed by atoms with van der Waals surface area (Å²) in [7, 11) is 0. The van der Waals surface area contributed by atoms with Crippen LogP contribution in [0, 0.1) is 12.3 Å². The Kier molecular flexibility index (Phi) is 4.76. The lowest BCUT2D eigenvalue weighted by Gasteiger charge is -2.26. The van der Waals surface area contributed by atoms with Crippen LogP contribution in [-0.4, -0.2) is 0 Å². The van der Waals surface area contributed by atoms with Crippen LogP contribution in [0.3, 0.4) is 0 Å². The average Bonchev–Trinajstić information content (AvgIpc) is 1.89. The summed E-state index contributed by atoms with van der Waals surface area (Å²) in [5.41, 5.74) is 0.531. The Morgan fingerprint density at radius 3 is 1.70 bits per heavy atom. The van der Waals surface area contributed by atoms with Gasteiger partial charge in [0.15, 0.2) is 0 Å². The molecule has 0 aromatic carbocycles. The van der Waals surface area contributed by atoms with Crippen LogP contribution in [0.25, 0.3) is 0 Å². The molecule has 0 spiro atoms. The molecule has 0 fully saturated rings. The van der Waals surface area contributed by atoms with Crippen molar-refractivity contribution in [1.29, 1.82) is 0 Å². The second-order valence-electron chi connectivity index (χ2n) is 3.56. The van der Waals surface area contributed by atoms with E-state index in [0.29, 0.717) is 5.41 Å². The van der Waals surface area contributed by atoms with E-state index in [1.807, 2.05) is 0 Å². The normalized spacial score (nSPS) is 12.0. The summed E-state index contributed by atoms with van der Waals surface area (Å²) < 4.78 is 0. The van der Waals surface area contributed by atoms with Gasteiger partial charge < -0.3 is 0 Å². The van der Waals surface area contributed by atoms with E-state index in [2.05, 4.69) is 27.7 Å². The molecule has 0 N–H and O–H groups in total. The molecule has 0 amide bonds. The topological polar surface area (TPSA) is 0 Å². The molecule has 0 heterocycles. The highest BCUT2D eigenvalue weighted by atomic mass is 14.2. The summed E-state index contributed by atoms with van der Waals surface area (Å²) in [6.07, 6.45) is 6.36. The largest absolute Gasteiger partial charge is 0.0654 e. The first-order valence-electron chi connectivity index (χ1n) is 4.47. The van der Waals surface area contributed by atoms with Gasteiger partial charge >= 0.3 is 0 Å². The van der Waals surface area contributed by atoms with Crippen LogP contribution in [0.4, 0.5) is 0 Å². The van der Waals surface area contributed by atoms with Gasteiger partial charge in [-0.3, -0.25) is 0 Å². The van der Waals surface area contributed by atoms with E-state index < -0.39 is 0 Å². The Morgan fingerprint density at radius 1 is 1.10 bits per heavy atom. The highest BCUT2D eigenvalue weighted by molar-refractivity contribution is 4.73. The molecule has 0 unspecified atom stereocenters. The average molecular weight is 141 g/mol. The van der Waals surface area contributed by atoms with E-state index >= 15 is 0 Å². The molecule has 10 heavy (non-hydrogen) atoms. The molecule has 0 rings (SSSR count). The Labute approximate surface area is 66.0 Å². The molecule has 0 aliphatic rings. The third-order valence-corrected chi connectivity index (χ3v) is 2.31. The van der Waals surface area contributed by atoms with Crippen LogP contribution < -0.4 is 0 Å². The second kappa shape index (κ2) is 4.76. The lowest BCUT2D eigenvalue weighted by atomic mass is 9.79. The molecular weight excluding hydrogens is 120 g/mol. The summed E-state index contributed by atoms with van der Waals surface area (Å²) in [5, 5.41) is 0. The fourth-order valence-electron chi connectivity index (χ4n) is 1.58. The van der Waals surface area contributed by atoms with Crippen LogP contribution in [0.15, 0.2) is 0 Å². The van der Waals surface area contributed by atoms with Crippen LogP contribution in [-0.2, 0) is 0 Å². The molecule has 0 saturated heterocycles. The maximum Gasteiger partial charge on any atom is -0.0326 e. The molecule has 0 aliphatic carbocycles. The smallest absolute Gasteiger partial charge is 0.0326 e. The van der Waals surface area contributed by atoms with Crippen molar-refractivity contribution < 1.29 is 0 Å². The third kappa shape index (κ3) is 3.24. The van der Waals surface area contributed by atoms with Crippen LogP contribution in [0.1, 0.15) is 52.9 Å². The first kappa shape index (κ1) is 10.0. The van der Waals surface area contributed by atoms with E-state index in [0.717, 1.165) is 6.42 Å². The molecule has 0 aliphatic heterocycles. The fraction of sp³-hybridized carbons (Fsp3) is 0.900. The fourth-order valence-corrected chi connectivity index (χ4v) is 1.58.